The Hall–Kier alpha value is -1.81. The van der Waals surface area contributed by atoms with Gasteiger partial charge in [-0.1, -0.05) is 30.9 Å². The summed E-state index contributed by atoms with van der Waals surface area (Å²) in [6.07, 6.45) is 4.47. The van der Waals surface area contributed by atoms with Gasteiger partial charge in [-0.15, -0.1) is 0 Å². The molecule has 4 nitrogen and oxygen atoms in total. The van der Waals surface area contributed by atoms with E-state index in [-0.39, 0.29) is 6.29 Å². The lowest BCUT2D eigenvalue weighted by Gasteiger charge is -2.20. The fourth-order valence-corrected chi connectivity index (χ4v) is 1.78. The van der Waals surface area contributed by atoms with Gasteiger partial charge < -0.3 is 14.3 Å². The highest BCUT2D eigenvalue weighted by Gasteiger charge is 2.15. The van der Waals surface area contributed by atoms with Gasteiger partial charge in [0.2, 0.25) is 6.29 Å². The molecular formula is C15H19NO3. The van der Waals surface area contributed by atoms with Gasteiger partial charge in [-0.2, -0.15) is 0 Å². The Balaban J connectivity index is 2.01. The van der Waals surface area contributed by atoms with E-state index >= 15 is 0 Å². The van der Waals surface area contributed by atoms with Crippen LogP contribution in [0.25, 0.3) is 0 Å². The summed E-state index contributed by atoms with van der Waals surface area (Å²) in [7, 11) is 0. The Kier molecular flexibility index (Phi) is 5.44. The van der Waals surface area contributed by atoms with E-state index in [2.05, 4.69) is 11.7 Å². The number of hydrogen-bond acceptors (Lipinski definition) is 4. The minimum Gasteiger partial charge on any atom is -0.471 e. The summed E-state index contributed by atoms with van der Waals surface area (Å²) in [5, 5.41) is 4.08. The highest BCUT2D eigenvalue weighted by molar-refractivity contribution is 5.93. The normalized spacial score (nSPS) is 19.8. The predicted molar refractivity (Wildman–Crippen MR) is 73.8 cm³/mol. The molecule has 0 bridgehead atoms. The second kappa shape index (κ2) is 7.59. The summed E-state index contributed by atoms with van der Waals surface area (Å²) in [4.78, 5) is 5.40. The Labute approximate surface area is 113 Å². The van der Waals surface area contributed by atoms with Crippen LogP contribution in [0.3, 0.4) is 0 Å². The average molecular weight is 261 g/mol. The molecule has 0 amide bonds. The van der Waals surface area contributed by atoms with Gasteiger partial charge in [-0.3, -0.25) is 0 Å². The minimum atomic E-state index is -0.264. The molecule has 0 saturated carbocycles. The molecule has 0 spiro atoms. The van der Waals surface area contributed by atoms with Gasteiger partial charge in [0.05, 0.1) is 6.61 Å². The third-order valence-electron chi connectivity index (χ3n) is 2.75. The van der Waals surface area contributed by atoms with Crippen molar-refractivity contribution in [1.29, 1.82) is 0 Å². The number of rotatable bonds is 5. The van der Waals surface area contributed by atoms with E-state index in [4.69, 9.17) is 14.3 Å². The van der Waals surface area contributed by atoms with Crippen LogP contribution in [0.1, 0.15) is 24.8 Å². The monoisotopic (exact) mass is 261 g/mol. The second-order valence-electron chi connectivity index (χ2n) is 4.26. The first-order valence-corrected chi connectivity index (χ1v) is 6.54. The van der Waals surface area contributed by atoms with Crippen LogP contribution in [0.2, 0.25) is 0 Å². The van der Waals surface area contributed by atoms with Gasteiger partial charge in [0.1, 0.15) is 6.61 Å². The molecule has 1 unspecified atom stereocenters. The molecule has 1 heterocycles. The van der Waals surface area contributed by atoms with Gasteiger partial charge in [-0.05, 0) is 30.1 Å². The SMILES string of the molecule is C=CCO/C(=N/OC1CCCCO1)c1ccccc1. The summed E-state index contributed by atoms with van der Waals surface area (Å²) < 4.78 is 11.0. The predicted octanol–water partition coefficient (Wildman–Crippen LogP) is 3.09. The summed E-state index contributed by atoms with van der Waals surface area (Å²) in [5.41, 5.74) is 0.875. The average Bonchev–Trinajstić information content (AvgIpc) is 2.49. The first-order chi connectivity index (χ1) is 9.40. The maximum Gasteiger partial charge on any atom is 0.258 e. The Bertz CT molecular complexity index is 411. The Morgan fingerprint density at radius 2 is 2.21 bits per heavy atom. The van der Waals surface area contributed by atoms with Crippen LogP contribution < -0.4 is 0 Å². The van der Waals surface area contributed by atoms with E-state index in [1.54, 1.807) is 6.08 Å². The molecule has 0 radical (unpaired) electrons. The molecule has 4 heteroatoms. The maximum atomic E-state index is 5.52. The molecule has 1 aliphatic rings. The molecule has 0 aromatic heterocycles. The van der Waals surface area contributed by atoms with Crippen LogP contribution in [-0.4, -0.2) is 25.4 Å². The zero-order chi connectivity index (χ0) is 13.3. The van der Waals surface area contributed by atoms with Crippen LogP contribution in [0.15, 0.2) is 48.1 Å². The first kappa shape index (κ1) is 13.6. The smallest absolute Gasteiger partial charge is 0.258 e. The van der Waals surface area contributed by atoms with Gasteiger partial charge in [0.15, 0.2) is 0 Å². The zero-order valence-electron chi connectivity index (χ0n) is 11.0. The van der Waals surface area contributed by atoms with Crippen molar-refractivity contribution in [1.82, 2.24) is 0 Å². The molecule has 1 aromatic rings. The summed E-state index contributed by atoms with van der Waals surface area (Å²) in [6, 6.07) is 9.65. The number of benzene rings is 1. The number of hydrogen-bond donors (Lipinski definition) is 0. The Morgan fingerprint density at radius 1 is 1.37 bits per heavy atom. The van der Waals surface area contributed by atoms with Gasteiger partial charge in [0.25, 0.3) is 5.90 Å². The molecule has 0 N–H and O–H groups in total. The molecule has 2 rings (SSSR count). The standard InChI is InChI=1S/C15H19NO3/c1-2-11-18-15(13-8-4-3-5-9-13)16-19-14-10-6-7-12-17-14/h2-5,8-9,14H,1,6-7,10-12H2/b16-15+. The zero-order valence-corrected chi connectivity index (χ0v) is 11.0. The molecule has 1 atom stereocenters. The van der Waals surface area contributed by atoms with E-state index in [9.17, 15) is 0 Å². The maximum absolute atomic E-state index is 5.52. The quantitative estimate of drug-likeness (QED) is 0.354. The van der Waals surface area contributed by atoms with Crippen molar-refractivity contribution in [2.24, 2.45) is 5.16 Å². The first-order valence-electron chi connectivity index (χ1n) is 6.54. The van der Waals surface area contributed by atoms with Crippen LogP contribution in [0.4, 0.5) is 0 Å². The second-order valence-corrected chi connectivity index (χ2v) is 4.26. The lowest BCUT2D eigenvalue weighted by molar-refractivity contribution is -0.163. The highest BCUT2D eigenvalue weighted by Crippen LogP contribution is 2.14. The third kappa shape index (κ3) is 4.41. The molecule has 1 saturated heterocycles. The summed E-state index contributed by atoms with van der Waals surface area (Å²) >= 11 is 0. The van der Waals surface area contributed by atoms with Crippen LogP contribution >= 0.6 is 0 Å². The number of nitrogens with zero attached hydrogens (tertiary/aromatic N) is 1. The summed E-state index contributed by atoms with van der Waals surface area (Å²) in [5.74, 6) is 0.453. The van der Waals surface area contributed by atoms with Crippen molar-refractivity contribution in [2.45, 2.75) is 25.6 Å². The highest BCUT2D eigenvalue weighted by atomic mass is 16.8. The van der Waals surface area contributed by atoms with Gasteiger partial charge >= 0.3 is 0 Å². The van der Waals surface area contributed by atoms with Crippen molar-refractivity contribution in [3.63, 3.8) is 0 Å². The number of oxime groups is 1. The lowest BCUT2D eigenvalue weighted by Crippen LogP contribution is -2.21. The molecule has 19 heavy (non-hydrogen) atoms. The fourth-order valence-electron chi connectivity index (χ4n) is 1.78. The van der Waals surface area contributed by atoms with Gasteiger partial charge in [-0.25, -0.2) is 0 Å². The molecule has 1 aromatic carbocycles. The van der Waals surface area contributed by atoms with Crippen LogP contribution in [0.5, 0.6) is 0 Å². The van der Waals surface area contributed by atoms with E-state index in [1.165, 1.54) is 0 Å². The summed E-state index contributed by atoms with van der Waals surface area (Å²) in [6.45, 7) is 4.75. The fraction of sp³-hybridized carbons (Fsp3) is 0.400. The molecule has 1 aliphatic heterocycles. The number of ether oxygens (including phenoxy) is 2. The van der Waals surface area contributed by atoms with Crippen molar-refractivity contribution in [3.8, 4) is 0 Å². The van der Waals surface area contributed by atoms with E-state index in [0.29, 0.717) is 12.5 Å². The van der Waals surface area contributed by atoms with E-state index in [0.717, 1.165) is 31.4 Å². The molecular weight excluding hydrogens is 242 g/mol. The molecule has 0 aliphatic carbocycles. The van der Waals surface area contributed by atoms with Crippen LogP contribution in [0, 0.1) is 0 Å². The largest absolute Gasteiger partial charge is 0.471 e. The van der Waals surface area contributed by atoms with Crippen LogP contribution in [-0.2, 0) is 14.3 Å². The molecule has 102 valence electrons. The van der Waals surface area contributed by atoms with E-state index < -0.39 is 0 Å². The van der Waals surface area contributed by atoms with Crippen molar-refractivity contribution in [2.75, 3.05) is 13.2 Å². The lowest BCUT2D eigenvalue weighted by atomic mass is 10.2. The third-order valence-corrected chi connectivity index (χ3v) is 2.75. The van der Waals surface area contributed by atoms with Gasteiger partial charge in [0, 0.05) is 12.0 Å². The van der Waals surface area contributed by atoms with Crippen molar-refractivity contribution in [3.05, 3.63) is 48.6 Å². The molecule has 1 fully saturated rings. The minimum absolute atomic E-state index is 0.264. The van der Waals surface area contributed by atoms with E-state index in [1.807, 2.05) is 30.3 Å². The Morgan fingerprint density at radius 3 is 2.89 bits per heavy atom. The van der Waals surface area contributed by atoms with Crippen molar-refractivity contribution >= 4 is 5.90 Å². The van der Waals surface area contributed by atoms with Crippen molar-refractivity contribution < 1.29 is 14.3 Å². The topological polar surface area (TPSA) is 40.0 Å².